The molecule has 1 unspecified atom stereocenters. The maximum absolute atomic E-state index is 13.9. The number of aryl methyl sites for hydroxylation is 2. The lowest BCUT2D eigenvalue weighted by atomic mass is 9.96. The van der Waals surface area contributed by atoms with E-state index < -0.39 is 6.04 Å². The van der Waals surface area contributed by atoms with Crippen molar-refractivity contribution in [3.05, 3.63) is 104 Å². The molecule has 202 valence electrons. The monoisotopic (exact) mass is 555 g/mol. The van der Waals surface area contributed by atoms with Gasteiger partial charge in [0.05, 0.1) is 28.8 Å². The first-order chi connectivity index (χ1) is 17.7. The summed E-state index contributed by atoms with van der Waals surface area (Å²) in [6.45, 7) is 9.15. The molecule has 0 spiro atoms. The van der Waals surface area contributed by atoms with E-state index >= 15 is 0 Å². The highest BCUT2D eigenvalue weighted by Crippen LogP contribution is 2.32. The van der Waals surface area contributed by atoms with Gasteiger partial charge >= 0.3 is 5.69 Å². The molecule has 0 aliphatic rings. The van der Waals surface area contributed by atoms with Crippen LogP contribution in [0.5, 0.6) is 0 Å². The molecular weight excluding hydrogens is 521 g/mol. The van der Waals surface area contributed by atoms with E-state index in [1.807, 2.05) is 72.5 Å². The molecule has 4 rings (SSSR count). The van der Waals surface area contributed by atoms with Gasteiger partial charge in [-0.15, -0.1) is 12.4 Å². The molecule has 0 saturated carbocycles. The molecular formula is C29H35Cl2N5O2. The number of fused-ring (bicyclic) bond motifs is 1. The Morgan fingerprint density at radius 1 is 1.08 bits per heavy atom. The molecule has 1 amide bonds. The number of nitrogens with two attached hydrogens (primary N) is 1. The second-order valence-corrected chi connectivity index (χ2v) is 10.2. The molecule has 0 radical (unpaired) electrons. The number of hydrogen-bond acceptors (Lipinski definition) is 4. The quantitative estimate of drug-likeness (QED) is 0.298. The first kappa shape index (κ1) is 29.4. The molecule has 0 saturated heterocycles. The van der Waals surface area contributed by atoms with Gasteiger partial charge in [0.1, 0.15) is 0 Å². The Morgan fingerprint density at radius 3 is 2.34 bits per heavy atom. The van der Waals surface area contributed by atoms with E-state index in [1.54, 1.807) is 11.5 Å². The zero-order chi connectivity index (χ0) is 26.7. The molecule has 2 N–H and O–H groups in total. The number of hydrogen-bond donors (Lipinski definition) is 1. The molecule has 0 fully saturated rings. The highest BCUT2D eigenvalue weighted by molar-refractivity contribution is 6.34. The highest BCUT2D eigenvalue weighted by Gasteiger charge is 2.32. The Hall–Kier alpha value is -3.13. The van der Waals surface area contributed by atoms with Crippen molar-refractivity contribution < 1.29 is 4.79 Å². The van der Waals surface area contributed by atoms with Crippen molar-refractivity contribution in [1.82, 2.24) is 19.1 Å². The Morgan fingerprint density at radius 2 is 1.74 bits per heavy atom. The number of amides is 1. The van der Waals surface area contributed by atoms with Crippen molar-refractivity contribution >= 4 is 35.4 Å². The molecule has 2 aromatic carbocycles. The lowest BCUT2D eigenvalue weighted by Gasteiger charge is -2.36. The van der Waals surface area contributed by atoms with Crippen LogP contribution in [-0.2, 0) is 6.54 Å². The summed E-state index contributed by atoms with van der Waals surface area (Å²) in [6.07, 6.45) is 0.637. The summed E-state index contributed by atoms with van der Waals surface area (Å²) < 4.78 is 3.07. The van der Waals surface area contributed by atoms with Crippen LogP contribution in [0, 0.1) is 19.8 Å². The van der Waals surface area contributed by atoms with E-state index in [9.17, 15) is 9.59 Å². The van der Waals surface area contributed by atoms with Crippen molar-refractivity contribution in [1.29, 1.82) is 0 Å². The van der Waals surface area contributed by atoms with Gasteiger partial charge in [0.2, 0.25) is 0 Å². The van der Waals surface area contributed by atoms with Crippen molar-refractivity contribution in [3.8, 4) is 0 Å². The fourth-order valence-electron chi connectivity index (χ4n) is 4.76. The Kier molecular flexibility index (Phi) is 9.77. The van der Waals surface area contributed by atoms with Crippen molar-refractivity contribution in [2.24, 2.45) is 11.7 Å². The van der Waals surface area contributed by atoms with Gasteiger partial charge in [-0.2, -0.15) is 9.61 Å². The molecule has 0 aliphatic carbocycles. The van der Waals surface area contributed by atoms with Gasteiger partial charge in [0.25, 0.3) is 5.91 Å². The van der Waals surface area contributed by atoms with Crippen LogP contribution in [0.15, 0.2) is 65.5 Å². The van der Waals surface area contributed by atoms with Crippen LogP contribution < -0.4 is 11.4 Å². The van der Waals surface area contributed by atoms with Gasteiger partial charge in [-0.1, -0.05) is 73.5 Å². The normalized spacial score (nSPS) is 12.0. The average Bonchev–Trinajstić information content (AvgIpc) is 3.17. The molecule has 9 heteroatoms. The smallest absolute Gasteiger partial charge is 0.330 e. The van der Waals surface area contributed by atoms with E-state index in [4.69, 9.17) is 17.3 Å². The average molecular weight is 557 g/mol. The van der Waals surface area contributed by atoms with Gasteiger partial charge in [0, 0.05) is 17.8 Å². The maximum Gasteiger partial charge on any atom is 0.349 e. The predicted octanol–water partition coefficient (Wildman–Crippen LogP) is 5.42. The van der Waals surface area contributed by atoms with Crippen molar-refractivity contribution in [2.45, 2.75) is 46.7 Å². The summed E-state index contributed by atoms with van der Waals surface area (Å²) >= 11 is 6.59. The van der Waals surface area contributed by atoms with E-state index in [0.717, 1.165) is 16.8 Å². The number of benzene rings is 2. The molecule has 1 atom stereocenters. The summed E-state index contributed by atoms with van der Waals surface area (Å²) in [6, 6.07) is 18.9. The fraction of sp³-hybridized carbons (Fsp3) is 0.345. The first-order valence-electron chi connectivity index (χ1n) is 12.6. The summed E-state index contributed by atoms with van der Waals surface area (Å²) in [4.78, 5) is 29.6. The third-order valence-electron chi connectivity index (χ3n) is 6.65. The molecule has 0 bridgehead atoms. The Labute approximate surface area is 234 Å². The summed E-state index contributed by atoms with van der Waals surface area (Å²) in [5.74, 6) is -0.0969. The van der Waals surface area contributed by atoms with Crippen LogP contribution in [0.3, 0.4) is 0 Å². The van der Waals surface area contributed by atoms with Crippen LogP contribution in [0.25, 0.3) is 5.52 Å². The van der Waals surface area contributed by atoms with E-state index in [2.05, 4.69) is 18.9 Å². The number of nitrogens with zero attached hydrogens (tertiary/aromatic N) is 4. The van der Waals surface area contributed by atoms with Gasteiger partial charge < -0.3 is 10.6 Å². The number of rotatable bonds is 9. The first-order valence-corrected chi connectivity index (χ1v) is 13.0. The Balaban J connectivity index is 0.00000400. The molecule has 4 aromatic rings. The SMILES string of the molecule is Cc1ccc(C(=O)N(CCCN)C(c2cc3c(Cl)c(C)nn3c(=O)n2Cc2ccccc2)C(C)C)cc1.Cl. The third-order valence-corrected chi connectivity index (χ3v) is 7.11. The lowest BCUT2D eigenvalue weighted by molar-refractivity contribution is 0.0609. The minimum atomic E-state index is -0.395. The fourth-order valence-corrected chi connectivity index (χ4v) is 4.93. The summed E-state index contributed by atoms with van der Waals surface area (Å²) in [5, 5.41) is 4.84. The van der Waals surface area contributed by atoms with Crippen LogP contribution in [-0.4, -0.2) is 38.1 Å². The largest absolute Gasteiger partial charge is 0.349 e. The van der Waals surface area contributed by atoms with E-state index in [-0.39, 0.29) is 29.9 Å². The van der Waals surface area contributed by atoms with Gasteiger partial charge in [-0.05, 0) is 56.5 Å². The lowest BCUT2D eigenvalue weighted by Crippen LogP contribution is -2.42. The molecule has 0 aliphatic heterocycles. The summed E-state index contributed by atoms with van der Waals surface area (Å²) in [7, 11) is 0. The molecule has 2 aromatic heterocycles. The minimum Gasteiger partial charge on any atom is -0.330 e. The van der Waals surface area contributed by atoms with Crippen LogP contribution in [0.2, 0.25) is 5.02 Å². The second kappa shape index (κ2) is 12.6. The van der Waals surface area contributed by atoms with Crippen LogP contribution in [0.1, 0.15) is 59.2 Å². The third kappa shape index (κ3) is 5.96. The van der Waals surface area contributed by atoms with E-state index in [1.165, 1.54) is 4.52 Å². The van der Waals surface area contributed by atoms with Crippen molar-refractivity contribution in [3.63, 3.8) is 0 Å². The summed E-state index contributed by atoms with van der Waals surface area (Å²) in [5.41, 5.74) is 10.1. The number of halogens is 2. The van der Waals surface area contributed by atoms with Crippen LogP contribution >= 0.6 is 24.0 Å². The van der Waals surface area contributed by atoms with Gasteiger partial charge in [-0.3, -0.25) is 9.36 Å². The highest BCUT2D eigenvalue weighted by atomic mass is 35.5. The molecule has 7 nitrogen and oxygen atoms in total. The Bertz CT molecular complexity index is 1450. The molecule has 2 heterocycles. The standard InChI is InChI=1S/C29H34ClN5O2.ClH/c1-19(2)27(33(16-8-15-31)28(36)23-13-11-20(3)12-14-23)25-17-24-26(30)21(4)32-35(24)29(37)34(25)18-22-9-6-5-7-10-22;/h5-7,9-14,17,19,27H,8,15-16,18,31H2,1-4H3;1H. The van der Waals surface area contributed by atoms with E-state index in [0.29, 0.717) is 47.9 Å². The zero-order valence-corrected chi connectivity index (χ0v) is 23.8. The topological polar surface area (TPSA) is 85.6 Å². The van der Waals surface area contributed by atoms with Crippen molar-refractivity contribution in [2.75, 3.05) is 13.1 Å². The zero-order valence-electron chi connectivity index (χ0n) is 22.2. The number of aromatic nitrogens is 3. The second-order valence-electron chi connectivity index (χ2n) is 9.82. The predicted molar refractivity (Wildman–Crippen MR) is 155 cm³/mol. The number of carbonyl (C=O) groups excluding carboxylic acids is 1. The minimum absolute atomic E-state index is 0. The number of carbonyl (C=O) groups is 1. The maximum atomic E-state index is 13.9. The van der Waals surface area contributed by atoms with Gasteiger partial charge in [-0.25, -0.2) is 4.79 Å². The van der Waals surface area contributed by atoms with Crippen LogP contribution in [0.4, 0.5) is 0 Å². The van der Waals surface area contributed by atoms with Gasteiger partial charge in [0.15, 0.2) is 0 Å². The molecule has 38 heavy (non-hydrogen) atoms.